The van der Waals surface area contributed by atoms with Crippen molar-refractivity contribution in [2.45, 2.75) is 52.1 Å². The second-order valence-corrected chi connectivity index (χ2v) is 7.98. The Morgan fingerprint density at radius 2 is 1.83 bits per heavy atom. The van der Waals surface area contributed by atoms with E-state index in [1.54, 1.807) is 0 Å². The lowest BCUT2D eigenvalue weighted by Gasteiger charge is -2.39. The molecule has 0 saturated carbocycles. The summed E-state index contributed by atoms with van der Waals surface area (Å²) in [5.74, 6) is 1.09. The number of nitrogens with one attached hydrogen (secondary N) is 2. The smallest absolute Gasteiger partial charge is 0.131 e. The summed E-state index contributed by atoms with van der Waals surface area (Å²) in [5, 5.41) is 19.9. The van der Waals surface area contributed by atoms with Gasteiger partial charge in [-0.3, -0.25) is 5.10 Å². The van der Waals surface area contributed by atoms with Crippen LogP contribution in [0.2, 0.25) is 0 Å². The van der Waals surface area contributed by atoms with Gasteiger partial charge in [-0.05, 0) is 31.4 Å². The molecule has 2 atom stereocenters. The van der Waals surface area contributed by atoms with E-state index < -0.39 is 0 Å². The highest BCUT2D eigenvalue weighted by Crippen LogP contribution is 2.22. The van der Waals surface area contributed by atoms with Gasteiger partial charge in [0, 0.05) is 48.9 Å². The fraction of sp³-hybridized carbons (Fsp3) is 0.435. The third kappa shape index (κ3) is 4.48. The van der Waals surface area contributed by atoms with Crippen molar-refractivity contribution in [3.8, 4) is 11.1 Å². The molecule has 0 amide bonds. The Balaban J connectivity index is 1.60. The van der Waals surface area contributed by atoms with Crippen LogP contribution < -0.4 is 5.32 Å². The van der Waals surface area contributed by atoms with E-state index in [1.807, 2.05) is 12.4 Å². The number of benzene rings is 1. The van der Waals surface area contributed by atoms with Gasteiger partial charge in [0.15, 0.2) is 0 Å². The summed E-state index contributed by atoms with van der Waals surface area (Å²) in [6, 6.07) is 9.44. The zero-order chi connectivity index (χ0) is 20.2. The summed E-state index contributed by atoms with van der Waals surface area (Å²) in [6.07, 6.45) is 8.96. The number of allylic oxidation sites excluding steroid dienone is 1. The largest absolute Gasteiger partial charge is 0.355 e. The van der Waals surface area contributed by atoms with Gasteiger partial charge in [-0.1, -0.05) is 43.7 Å². The van der Waals surface area contributed by atoms with Gasteiger partial charge in [-0.2, -0.15) is 5.10 Å². The van der Waals surface area contributed by atoms with Gasteiger partial charge in [0.25, 0.3) is 0 Å². The quantitative estimate of drug-likeness (QED) is 0.829. The number of piperazine rings is 1. The first-order valence-corrected chi connectivity index (χ1v) is 10.6. The van der Waals surface area contributed by atoms with E-state index in [-0.39, 0.29) is 0 Å². The molecule has 0 radical (unpaired) electrons. The summed E-state index contributed by atoms with van der Waals surface area (Å²) in [6.45, 7) is 8.68. The maximum absolute atomic E-state index is 4.71. The molecular formula is C23H30N6. The van der Waals surface area contributed by atoms with Gasteiger partial charge in [-0.25, -0.2) is 0 Å². The fourth-order valence-corrected chi connectivity index (χ4v) is 4.05. The average molecular weight is 391 g/mol. The van der Waals surface area contributed by atoms with E-state index >= 15 is 0 Å². The van der Waals surface area contributed by atoms with Crippen molar-refractivity contribution in [3.63, 3.8) is 0 Å². The van der Waals surface area contributed by atoms with Crippen LogP contribution in [0.1, 0.15) is 45.6 Å². The predicted octanol–water partition coefficient (Wildman–Crippen LogP) is 3.99. The lowest BCUT2D eigenvalue weighted by Crippen LogP contribution is -2.56. The SMILES string of the molecule is CCC1=CC(c2ccc(-c3cn[nH]c3)cc2)=NN=C(N2C[C@@H](CC)N[C@@H](C)C2)C1. The number of aromatic nitrogens is 2. The van der Waals surface area contributed by atoms with Crippen LogP contribution in [0.3, 0.4) is 0 Å². The lowest BCUT2D eigenvalue weighted by molar-refractivity contribution is 0.237. The molecule has 6 nitrogen and oxygen atoms in total. The van der Waals surface area contributed by atoms with E-state index in [0.29, 0.717) is 12.1 Å². The van der Waals surface area contributed by atoms with E-state index in [1.165, 1.54) is 5.57 Å². The molecule has 2 aromatic rings. The molecule has 29 heavy (non-hydrogen) atoms. The highest BCUT2D eigenvalue weighted by atomic mass is 15.3. The van der Waals surface area contributed by atoms with Gasteiger partial charge >= 0.3 is 0 Å². The highest BCUT2D eigenvalue weighted by molar-refractivity contribution is 6.10. The first-order valence-electron chi connectivity index (χ1n) is 10.6. The number of nitrogens with zero attached hydrogens (tertiary/aromatic N) is 4. The van der Waals surface area contributed by atoms with Crippen LogP contribution in [0, 0.1) is 0 Å². The van der Waals surface area contributed by atoms with Crippen molar-refractivity contribution < 1.29 is 0 Å². The van der Waals surface area contributed by atoms with Gasteiger partial charge in [0.1, 0.15) is 5.84 Å². The maximum atomic E-state index is 4.71. The van der Waals surface area contributed by atoms with Crippen LogP contribution in [-0.4, -0.2) is 51.8 Å². The van der Waals surface area contributed by atoms with Crippen LogP contribution in [0.15, 0.2) is 58.5 Å². The Morgan fingerprint density at radius 1 is 1.03 bits per heavy atom. The van der Waals surface area contributed by atoms with Crippen molar-refractivity contribution in [2.75, 3.05) is 13.1 Å². The average Bonchev–Trinajstić information content (AvgIpc) is 3.20. The number of rotatable bonds is 4. The van der Waals surface area contributed by atoms with Gasteiger partial charge < -0.3 is 10.2 Å². The van der Waals surface area contributed by atoms with Crippen molar-refractivity contribution in [1.82, 2.24) is 20.4 Å². The minimum absolute atomic E-state index is 0.465. The number of hydrogen-bond donors (Lipinski definition) is 2. The molecule has 152 valence electrons. The molecule has 1 saturated heterocycles. The Hall–Kier alpha value is -2.73. The van der Waals surface area contributed by atoms with Gasteiger partial charge in [0.2, 0.25) is 0 Å². The van der Waals surface area contributed by atoms with E-state index in [2.05, 4.69) is 76.6 Å². The minimum atomic E-state index is 0.465. The topological polar surface area (TPSA) is 68.7 Å². The molecule has 2 N–H and O–H groups in total. The third-order valence-corrected chi connectivity index (χ3v) is 5.78. The number of aromatic amines is 1. The van der Waals surface area contributed by atoms with Crippen LogP contribution in [0.25, 0.3) is 11.1 Å². The van der Waals surface area contributed by atoms with Crippen molar-refractivity contribution >= 4 is 11.5 Å². The molecule has 1 aromatic heterocycles. The molecule has 3 heterocycles. The van der Waals surface area contributed by atoms with E-state index in [4.69, 9.17) is 5.10 Å². The molecule has 0 aliphatic carbocycles. The standard InChI is InChI=1S/C23H30N6/c1-4-17-10-22(19-8-6-18(7-9-19)20-12-24-25-13-20)27-28-23(11-17)29-14-16(3)26-21(5-2)15-29/h6-10,12-13,16,21,26H,4-5,11,14-15H2,1-3H3,(H,24,25)/t16-,21+/m0/s1. The second kappa shape index (κ2) is 8.74. The second-order valence-electron chi connectivity index (χ2n) is 7.98. The summed E-state index contributed by atoms with van der Waals surface area (Å²) < 4.78 is 0. The van der Waals surface area contributed by atoms with E-state index in [9.17, 15) is 0 Å². The fourth-order valence-electron chi connectivity index (χ4n) is 4.05. The maximum Gasteiger partial charge on any atom is 0.131 e. The Labute approximate surface area is 172 Å². The van der Waals surface area contributed by atoms with Crippen LogP contribution in [-0.2, 0) is 0 Å². The third-order valence-electron chi connectivity index (χ3n) is 5.78. The minimum Gasteiger partial charge on any atom is -0.355 e. The zero-order valence-corrected chi connectivity index (χ0v) is 17.5. The molecule has 1 aromatic carbocycles. The molecule has 0 spiro atoms. The van der Waals surface area contributed by atoms with Gasteiger partial charge in [-0.15, -0.1) is 10.2 Å². The van der Waals surface area contributed by atoms with Crippen molar-refractivity contribution in [1.29, 1.82) is 0 Å². The van der Waals surface area contributed by atoms with E-state index in [0.717, 1.165) is 60.6 Å². The molecule has 2 aliphatic heterocycles. The van der Waals surface area contributed by atoms with Gasteiger partial charge in [0.05, 0.1) is 11.9 Å². The summed E-state index contributed by atoms with van der Waals surface area (Å²) in [7, 11) is 0. The van der Waals surface area contributed by atoms with Crippen LogP contribution in [0.4, 0.5) is 0 Å². The number of hydrogen-bond acceptors (Lipinski definition) is 5. The van der Waals surface area contributed by atoms with Crippen molar-refractivity contribution in [2.24, 2.45) is 10.2 Å². The number of H-pyrrole nitrogens is 1. The Bertz CT molecular complexity index is 907. The monoisotopic (exact) mass is 390 g/mol. The molecular weight excluding hydrogens is 360 g/mol. The molecule has 0 unspecified atom stereocenters. The summed E-state index contributed by atoms with van der Waals surface area (Å²) >= 11 is 0. The molecule has 6 heteroatoms. The van der Waals surface area contributed by atoms with Crippen LogP contribution >= 0.6 is 0 Å². The number of amidine groups is 1. The Morgan fingerprint density at radius 3 is 2.52 bits per heavy atom. The Kier molecular flexibility index (Phi) is 5.90. The first-order chi connectivity index (χ1) is 14.2. The zero-order valence-electron chi connectivity index (χ0n) is 17.5. The summed E-state index contributed by atoms with van der Waals surface area (Å²) in [4.78, 5) is 2.42. The first kappa shape index (κ1) is 19.6. The molecule has 2 aliphatic rings. The highest BCUT2D eigenvalue weighted by Gasteiger charge is 2.26. The molecule has 0 bridgehead atoms. The van der Waals surface area contributed by atoms with Crippen molar-refractivity contribution in [3.05, 3.63) is 53.9 Å². The molecule has 1 fully saturated rings. The molecule has 4 rings (SSSR count). The normalized spacial score (nSPS) is 22.6. The van der Waals surface area contributed by atoms with Crippen LogP contribution in [0.5, 0.6) is 0 Å². The lowest BCUT2D eigenvalue weighted by atomic mass is 10.0. The summed E-state index contributed by atoms with van der Waals surface area (Å²) in [5.41, 5.74) is 5.63. The predicted molar refractivity (Wildman–Crippen MR) is 119 cm³/mol.